The van der Waals surface area contributed by atoms with Gasteiger partial charge in [-0.2, -0.15) is 0 Å². The van der Waals surface area contributed by atoms with Gasteiger partial charge in [0.15, 0.2) is 0 Å². The van der Waals surface area contributed by atoms with Crippen molar-refractivity contribution in [3.63, 3.8) is 0 Å². The molecule has 0 aliphatic heterocycles. The second kappa shape index (κ2) is 8.69. The van der Waals surface area contributed by atoms with Crippen LogP contribution in [0, 0.1) is 0 Å². The number of hydrogen-bond acceptors (Lipinski definition) is 3. The molecule has 5 nitrogen and oxygen atoms in total. The molecule has 1 amide bonds. The average molecular weight is 446 g/mol. The second-order valence-electron chi connectivity index (χ2n) is 5.45. The van der Waals surface area contributed by atoms with E-state index in [9.17, 15) is 13.2 Å². The summed E-state index contributed by atoms with van der Waals surface area (Å²) >= 11 is 9.30. The van der Waals surface area contributed by atoms with E-state index < -0.39 is 10.0 Å². The van der Waals surface area contributed by atoms with E-state index in [0.717, 1.165) is 10.7 Å². The minimum Gasteiger partial charge on any atom is -0.325 e. The lowest BCUT2D eigenvalue weighted by atomic mass is 10.2. The van der Waals surface area contributed by atoms with Gasteiger partial charge in [-0.15, -0.1) is 0 Å². The van der Waals surface area contributed by atoms with Gasteiger partial charge in [-0.25, -0.2) is 8.42 Å². The summed E-state index contributed by atoms with van der Waals surface area (Å²) in [4.78, 5) is 12.1. The van der Waals surface area contributed by atoms with Crippen molar-refractivity contribution in [3.05, 3.63) is 58.0 Å². The van der Waals surface area contributed by atoms with Gasteiger partial charge >= 0.3 is 0 Å². The van der Waals surface area contributed by atoms with Gasteiger partial charge in [-0.1, -0.05) is 29.8 Å². The van der Waals surface area contributed by atoms with Gasteiger partial charge in [0.05, 0.1) is 17.6 Å². The van der Waals surface area contributed by atoms with Gasteiger partial charge in [0.1, 0.15) is 0 Å². The van der Waals surface area contributed by atoms with Crippen molar-refractivity contribution in [1.82, 2.24) is 0 Å². The molecule has 0 aliphatic carbocycles. The zero-order valence-corrected chi connectivity index (χ0v) is 16.7. The molecule has 0 radical (unpaired) electrons. The lowest BCUT2D eigenvalue weighted by molar-refractivity contribution is -0.116. The van der Waals surface area contributed by atoms with E-state index in [0.29, 0.717) is 22.8 Å². The van der Waals surface area contributed by atoms with Crippen molar-refractivity contribution in [2.24, 2.45) is 0 Å². The fourth-order valence-electron chi connectivity index (χ4n) is 2.28. The lowest BCUT2D eigenvalue weighted by Crippen LogP contribution is -2.31. The second-order valence-corrected chi connectivity index (χ2v) is 8.64. The summed E-state index contributed by atoms with van der Waals surface area (Å²) in [6.07, 6.45) is 1.72. The van der Waals surface area contributed by atoms with Crippen LogP contribution in [-0.4, -0.2) is 27.1 Å². The molecule has 0 heterocycles. The Kier molecular flexibility index (Phi) is 6.87. The highest BCUT2D eigenvalue weighted by atomic mass is 79.9. The summed E-state index contributed by atoms with van der Waals surface area (Å²) in [6.45, 7) is 0.197. The van der Waals surface area contributed by atoms with E-state index >= 15 is 0 Å². The highest BCUT2D eigenvalue weighted by Crippen LogP contribution is 2.23. The molecule has 8 heteroatoms. The number of carbonyl (C=O) groups is 1. The van der Waals surface area contributed by atoms with E-state index in [-0.39, 0.29) is 18.9 Å². The molecule has 0 aliphatic rings. The number of sulfonamides is 1. The molecular weight excluding hydrogens is 428 g/mol. The summed E-state index contributed by atoms with van der Waals surface area (Å²) in [5.74, 6) is -0.175. The topological polar surface area (TPSA) is 66.5 Å². The molecule has 2 rings (SSSR count). The van der Waals surface area contributed by atoms with E-state index in [1.165, 1.54) is 4.31 Å². The molecule has 0 saturated carbocycles. The average Bonchev–Trinajstić information content (AvgIpc) is 2.52. The molecule has 0 unspecified atom stereocenters. The number of halogens is 2. The molecular formula is C17H18BrClN2O3S. The maximum Gasteiger partial charge on any atom is 0.232 e. The zero-order chi connectivity index (χ0) is 18.4. The summed E-state index contributed by atoms with van der Waals surface area (Å²) in [5.41, 5.74) is 1.17. The van der Waals surface area contributed by atoms with Crippen LogP contribution in [0.15, 0.2) is 53.0 Å². The third kappa shape index (κ3) is 6.02. The molecule has 0 bridgehead atoms. The molecule has 0 fully saturated rings. The van der Waals surface area contributed by atoms with Gasteiger partial charge in [0.2, 0.25) is 15.9 Å². The Hall–Kier alpha value is -1.57. The Bertz CT molecular complexity index is 858. The standard InChI is InChI=1S/C17H18BrClN2O3S/c1-25(23,24)21(14-7-4-6-13(19)12-14)11-5-10-17(22)20-16-9-3-2-8-15(16)18/h2-4,6-9,12H,5,10-11H2,1H3,(H,20,22). The first kappa shape index (κ1) is 19.8. The van der Waals surface area contributed by atoms with Crippen LogP contribution in [0.25, 0.3) is 0 Å². The van der Waals surface area contributed by atoms with Crippen LogP contribution in [0.3, 0.4) is 0 Å². The van der Waals surface area contributed by atoms with Crippen LogP contribution in [0.4, 0.5) is 11.4 Å². The van der Waals surface area contributed by atoms with Crippen molar-refractivity contribution in [3.8, 4) is 0 Å². The molecule has 2 aromatic rings. The van der Waals surface area contributed by atoms with E-state index in [1.54, 1.807) is 30.3 Å². The van der Waals surface area contributed by atoms with Gasteiger partial charge in [-0.05, 0) is 52.7 Å². The lowest BCUT2D eigenvalue weighted by Gasteiger charge is -2.22. The van der Waals surface area contributed by atoms with E-state index in [2.05, 4.69) is 21.2 Å². The number of nitrogens with zero attached hydrogens (tertiary/aromatic N) is 1. The molecule has 25 heavy (non-hydrogen) atoms. The number of hydrogen-bond donors (Lipinski definition) is 1. The minimum absolute atomic E-state index is 0.175. The molecule has 0 atom stereocenters. The summed E-state index contributed by atoms with van der Waals surface area (Å²) in [6, 6.07) is 13.9. The summed E-state index contributed by atoms with van der Waals surface area (Å²) in [5, 5.41) is 3.25. The Morgan fingerprint density at radius 1 is 1.20 bits per heavy atom. The third-order valence-corrected chi connectivity index (χ3v) is 5.53. The van der Waals surface area contributed by atoms with Crippen LogP contribution in [-0.2, 0) is 14.8 Å². The Balaban J connectivity index is 1.97. The van der Waals surface area contributed by atoms with Crippen LogP contribution in [0.5, 0.6) is 0 Å². The van der Waals surface area contributed by atoms with Gasteiger partial charge in [0, 0.05) is 22.5 Å². The molecule has 1 N–H and O–H groups in total. The van der Waals surface area contributed by atoms with Crippen LogP contribution >= 0.6 is 27.5 Å². The Labute approximate surface area is 161 Å². The molecule has 0 aromatic heterocycles. The van der Waals surface area contributed by atoms with Crippen molar-refractivity contribution < 1.29 is 13.2 Å². The van der Waals surface area contributed by atoms with E-state index in [1.807, 2.05) is 18.2 Å². The number of benzene rings is 2. The SMILES string of the molecule is CS(=O)(=O)N(CCCC(=O)Nc1ccccc1Br)c1cccc(Cl)c1. The predicted octanol–water partition coefficient (Wildman–Crippen LogP) is 4.29. The van der Waals surface area contributed by atoms with E-state index in [4.69, 9.17) is 11.6 Å². The maximum absolute atomic E-state index is 12.1. The van der Waals surface area contributed by atoms with Crippen molar-refractivity contribution in [2.45, 2.75) is 12.8 Å². The number of amides is 1. The fourth-order valence-corrected chi connectivity index (χ4v) is 3.80. The van der Waals surface area contributed by atoms with Crippen LogP contribution < -0.4 is 9.62 Å². The predicted molar refractivity (Wildman–Crippen MR) is 106 cm³/mol. The quantitative estimate of drug-likeness (QED) is 0.691. The molecule has 2 aromatic carbocycles. The Morgan fingerprint density at radius 3 is 2.56 bits per heavy atom. The zero-order valence-electron chi connectivity index (χ0n) is 13.6. The molecule has 0 spiro atoms. The molecule has 0 saturated heterocycles. The monoisotopic (exact) mass is 444 g/mol. The smallest absolute Gasteiger partial charge is 0.232 e. The number of nitrogens with one attached hydrogen (secondary N) is 1. The van der Waals surface area contributed by atoms with Crippen molar-refractivity contribution in [1.29, 1.82) is 0 Å². The van der Waals surface area contributed by atoms with Gasteiger partial charge < -0.3 is 5.32 Å². The van der Waals surface area contributed by atoms with Crippen molar-refractivity contribution >= 4 is 54.8 Å². The summed E-state index contributed by atoms with van der Waals surface area (Å²) < 4.78 is 26.1. The van der Waals surface area contributed by atoms with Gasteiger partial charge in [0.25, 0.3) is 0 Å². The third-order valence-electron chi connectivity index (χ3n) is 3.41. The highest BCUT2D eigenvalue weighted by molar-refractivity contribution is 9.10. The van der Waals surface area contributed by atoms with Crippen LogP contribution in [0.2, 0.25) is 5.02 Å². The number of carbonyl (C=O) groups excluding carboxylic acids is 1. The number of anilines is 2. The molecule has 134 valence electrons. The highest BCUT2D eigenvalue weighted by Gasteiger charge is 2.18. The number of para-hydroxylation sites is 1. The summed E-state index contributed by atoms with van der Waals surface area (Å²) in [7, 11) is -3.46. The first-order valence-corrected chi connectivity index (χ1v) is 10.6. The first-order valence-electron chi connectivity index (χ1n) is 7.55. The minimum atomic E-state index is -3.46. The van der Waals surface area contributed by atoms with Crippen molar-refractivity contribution in [2.75, 3.05) is 22.4 Å². The maximum atomic E-state index is 12.1. The first-order chi connectivity index (χ1) is 11.8. The van der Waals surface area contributed by atoms with Crippen LogP contribution in [0.1, 0.15) is 12.8 Å². The van der Waals surface area contributed by atoms with Gasteiger partial charge in [-0.3, -0.25) is 9.10 Å². The Morgan fingerprint density at radius 2 is 1.92 bits per heavy atom. The number of rotatable bonds is 7. The normalized spacial score (nSPS) is 11.2. The fraction of sp³-hybridized carbons (Fsp3) is 0.235. The largest absolute Gasteiger partial charge is 0.325 e.